The number of piperidine rings is 1. The van der Waals surface area contributed by atoms with Gasteiger partial charge in [-0.25, -0.2) is 9.97 Å². The number of carbonyl (C=O) groups excluding carboxylic acids is 1. The number of aryl methyl sites for hydroxylation is 2. The monoisotopic (exact) mass is 344 g/mol. The van der Waals surface area contributed by atoms with Crippen molar-refractivity contribution in [1.29, 1.82) is 0 Å². The molecule has 8 nitrogen and oxygen atoms in total. The lowest BCUT2D eigenvalue weighted by Crippen LogP contribution is -2.54. The third-order valence-electron chi connectivity index (χ3n) is 4.50. The zero-order valence-electron chi connectivity index (χ0n) is 14.4. The summed E-state index contributed by atoms with van der Waals surface area (Å²) in [4.78, 5) is 26.8. The van der Waals surface area contributed by atoms with Gasteiger partial charge in [-0.15, -0.1) is 0 Å². The molecule has 3 heterocycles. The maximum atomic E-state index is 12.2. The molecule has 2 aromatic heterocycles. The largest absolute Gasteiger partial charge is 0.389 e. The number of amides is 1. The molecule has 1 fully saturated rings. The van der Waals surface area contributed by atoms with Crippen molar-refractivity contribution >= 4 is 11.7 Å². The molecule has 0 spiro atoms. The summed E-state index contributed by atoms with van der Waals surface area (Å²) in [5.41, 5.74) is 0. The first-order chi connectivity index (χ1) is 12.2. The van der Waals surface area contributed by atoms with Crippen molar-refractivity contribution in [2.24, 2.45) is 0 Å². The third-order valence-corrected chi connectivity index (χ3v) is 4.50. The fourth-order valence-corrected chi connectivity index (χ4v) is 3.12. The number of hydrogen-bond acceptors (Lipinski definition) is 6. The third kappa shape index (κ3) is 4.33. The lowest BCUT2D eigenvalue weighted by molar-refractivity contribution is -0.123. The molecule has 0 bridgehead atoms. The van der Waals surface area contributed by atoms with Crippen LogP contribution in [0.1, 0.15) is 25.6 Å². The summed E-state index contributed by atoms with van der Waals surface area (Å²) in [6.45, 7) is 3.80. The number of anilines is 1. The zero-order chi connectivity index (χ0) is 17.6. The van der Waals surface area contributed by atoms with Gasteiger partial charge in [-0.2, -0.15) is 0 Å². The Morgan fingerprint density at radius 3 is 2.96 bits per heavy atom. The number of aromatic nitrogens is 4. The average Bonchev–Trinajstić information content (AvgIpc) is 3.10. The number of hydrogen-bond donors (Lipinski definition) is 2. The highest BCUT2D eigenvalue weighted by molar-refractivity contribution is 5.76. The van der Waals surface area contributed by atoms with Crippen molar-refractivity contribution in [2.45, 2.75) is 44.9 Å². The van der Waals surface area contributed by atoms with Crippen molar-refractivity contribution in [3.63, 3.8) is 0 Å². The highest BCUT2D eigenvalue weighted by Crippen LogP contribution is 2.17. The molecule has 2 aromatic rings. The first-order valence-corrected chi connectivity index (χ1v) is 8.65. The molecule has 0 unspecified atom stereocenters. The molecule has 0 saturated carbocycles. The summed E-state index contributed by atoms with van der Waals surface area (Å²) in [6, 6.07) is -0.228. The van der Waals surface area contributed by atoms with Gasteiger partial charge in [-0.1, -0.05) is 6.92 Å². The van der Waals surface area contributed by atoms with Crippen molar-refractivity contribution in [2.75, 3.05) is 18.0 Å². The van der Waals surface area contributed by atoms with E-state index in [-0.39, 0.29) is 11.9 Å². The van der Waals surface area contributed by atoms with Crippen LogP contribution in [0.15, 0.2) is 31.0 Å². The van der Waals surface area contributed by atoms with Gasteiger partial charge in [0, 0.05) is 57.3 Å². The lowest BCUT2D eigenvalue weighted by Gasteiger charge is -2.36. The van der Waals surface area contributed by atoms with Gasteiger partial charge in [0.15, 0.2) is 0 Å². The maximum absolute atomic E-state index is 12.2. The summed E-state index contributed by atoms with van der Waals surface area (Å²) >= 11 is 0. The van der Waals surface area contributed by atoms with E-state index in [0.29, 0.717) is 25.9 Å². The van der Waals surface area contributed by atoms with Crippen LogP contribution in [-0.2, 0) is 17.8 Å². The van der Waals surface area contributed by atoms with Crippen molar-refractivity contribution in [3.05, 3.63) is 36.8 Å². The SMILES string of the molecule is CCc1nccn1CCC(=O)N[C@@H]1CCN(c2cnccn2)C[C@H]1O. The summed E-state index contributed by atoms with van der Waals surface area (Å²) in [5, 5.41) is 13.3. The Morgan fingerprint density at radius 1 is 1.36 bits per heavy atom. The van der Waals surface area contributed by atoms with Gasteiger partial charge in [0.05, 0.1) is 18.3 Å². The smallest absolute Gasteiger partial charge is 0.222 e. The highest BCUT2D eigenvalue weighted by atomic mass is 16.3. The van der Waals surface area contributed by atoms with Gasteiger partial charge >= 0.3 is 0 Å². The van der Waals surface area contributed by atoms with E-state index in [1.807, 2.05) is 22.6 Å². The van der Waals surface area contributed by atoms with Crippen molar-refractivity contribution in [3.8, 4) is 0 Å². The molecule has 0 aromatic carbocycles. The van der Waals surface area contributed by atoms with Gasteiger partial charge in [-0.05, 0) is 6.42 Å². The van der Waals surface area contributed by atoms with Crippen LogP contribution >= 0.6 is 0 Å². The van der Waals surface area contributed by atoms with Crippen LogP contribution in [0.2, 0.25) is 0 Å². The maximum Gasteiger partial charge on any atom is 0.222 e. The Labute approximate surface area is 146 Å². The number of nitrogens with one attached hydrogen (secondary N) is 1. The number of carbonyl (C=O) groups is 1. The average molecular weight is 344 g/mol. The van der Waals surface area contributed by atoms with Crippen molar-refractivity contribution in [1.82, 2.24) is 24.8 Å². The molecule has 2 atom stereocenters. The minimum atomic E-state index is -0.626. The Hall–Kier alpha value is -2.48. The van der Waals surface area contributed by atoms with Gasteiger partial charge in [0.25, 0.3) is 0 Å². The second kappa shape index (κ2) is 8.06. The Bertz CT molecular complexity index is 689. The molecule has 25 heavy (non-hydrogen) atoms. The first kappa shape index (κ1) is 17.3. The Kier molecular flexibility index (Phi) is 5.60. The molecule has 1 aliphatic rings. The molecule has 134 valence electrons. The van der Waals surface area contributed by atoms with E-state index < -0.39 is 6.10 Å². The number of imidazole rings is 1. The molecule has 1 aliphatic heterocycles. The molecule has 2 N–H and O–H groups in total. The van der Waals surface area contributed by atoms with E-state index in [0.717, 1.165) is 24.6 Å². The number of aliphatic hydroxyl groups excluding tert-OH is 1. The van der Waals surface area contributed by atoms with Crippen LogP contribution in [0.4, 0.5) is 5.82 Å². The van der Waals surface area contributed by atoms with Gasteiger partial charge in [0.1, 0.15) is 11.6 Å². The molecule has 3 rings (SSSR count). The summed E-state index contributed by atoms with van der Waals surface area (Å²) in [7, 11) is 0. The van der Waals surface area contributed by atoms with E-state index in [4.69, 9.17) is 0 Å². The summed E-state index contributed by atoms with van der Waals surface area (Å²) in [6.07, 6.45) is 9.85. The van der Waals surface area contributed by atoms with E-state index in [1.54, 1.807) is 24.8 Å². The Balaban J connectivity index is 1.48. The second-order valence-electron chi connectivity index (χ2n) is 6.18. The molecule has 1 amide bonds. The van der Waals surface area contributed by atoms with Gasteiger partial charge in [-0.3, -0.25) is 9.78 Å². The second-order valence-corrected chi connectivity index (χ2v) is 6.18. The number of nitrogens with zero attached hydrogens (tertiary/aromatic N) is 5. The van der Waals surface area contributed by atoms with Crippen LogP contribution in [0.25, 0.3) is 0 Å². The number of aliphatic hydroxyl groups is 1. The van der Waals surface area contributed by atoms with Crippen LogP contribution in [0, 0.1) is 0 Å². The van der Waals surface area contributed by atoms with Crippen LogP contribution in [-0.4, -0.2) is 55.8 Å². The van der Waals surface area contributed by atoms with E-state index >= 15 is 0 Å². The lowest BCUT2D eigenvalue weighted by atomic mass is 10.0. The van der Waals surface area contributed by atoms with Crippen LogP contribution in [0.3, 0.4) is 0 Å². The standard InChI is InChI=1S/C17H24N6O2/c1-2-15-20-7-10-22(15)9-4-17(25)21-13-3-8-23(12-14(13)24)16-11-18-5-6-19-16/h5-7,10-11,13-14,24H,2-4,8-9,12H2,1H3,(H,21,25)/t13-,14-/m1/s1. The predicted octanol–water partition coefficient (Wildman–Crippen LogP) is 0.382. The highest BCUT2D eigenvalue weighted by Gasteiger charge is 2.29. The fraction of sp³-hybridized carbons (Fsp3) is 0.529. The quantitative estimate of drug-likeness (QED) is 0.787. The molecule has 0 aliphatic carbocycles. The first-order valence-electron chi connectivity index (χ1n) is 8.65. The predicted molar refractivity (Wildman–Crippen MR) is 93.0 cm³/mol. The van der Waals surface area contributed by atoms with E-state index in [9.17, 15) is 9.90 Å². The van der Waals surface area contributed by atoms with Crippen LogP contribution < -0.4 is 10.2 Å². The van der Waals surface area contributed by atoms with Gasteiger partial charge in [0.2, 0.25) is 5.91 Å². The Morgan fingerprint density at radius 2 is 2.24 bits per heavy atom. The molecule has 1 saturated heterocycles. The minimum Gasteiger partial charge on any atom is -0.389 e. The van der Waals surface area contributed by atoms with E-state index in [2.05, 4.69) is 20.3 Å². The van der Waals surface area contributed by atoms with Crippen LogP contribution in [0.5, 0.6) is 0 Å². The minimum absolute atomic E-state index is 0.0484. The molecule has 0 radical (unpaired) electrons. The van der Waals surface area contributed by atoms with Gasteiger partial charge < -0.3 is 19.9 Å². The summed E-state index contributed by atoms with van der Waals surface area (Å²) < 4.78 is 1.99. The number of rotatable bonds is 6. The topological polar surface area (TPSA) is 96.2 Å². The number of β-amino-alcohol motifs (C(OH)–C–C–N with tert-alkyl or cyclic N) is 1. The zero-order valence-corrected chi connectivity index (χ0v) is 14.4. The fourth-order valence-electron chi connectivity index (χ4n) is 3.12. The molecule has 8 heteroatoms. The molecular weight excluding hydrogens is 320 g/mol. The van der Waals surface area contributed by atoms with E-state index in [1.165, 1.54) is 0 Å². The molecular formula is C17H24N6O2. The normalized spacial score (nSPS) is 20.5. The summed E-state index contributed by atoms with van der Waals surface area (Å²) in [5.74, 6) is 1.68. The van der Waals surface area contributed by atoms with Crippen molar-refractivity contribution < 1.29 is 9.90 Å².